The van der Waals surface area contributed by atoms with E-state index in [9.17, 15) is 21.6 Å². The third-order valence-corrected chi connectivity index (χ3v) is 3.04. The second-order valence-electron chi connectivity index (χ2n) is 3.12. The van der Waals surface area contributed by atoms with Crippen LogP contribution in [0.15, 0.2) is 23.1 Å². The minimum absolute atomic E-state index is 0. The van der Waals surface area contributed by atoms with Crippen LogP contribution < -0.4 is 0 Å². The fourth-order valence-electron chi connectivity index (χ4n) is 1.39. The van der Waals surface area contributed by atoms with Gasteiger partial charge in [0.1, 0.15) is 4.90 Å². The van der Waals surface area contributed by atoms with Crippen molar-refractivity contribution < 1.29 is 26.1 Å². The fourth-order valence-corrected chi connectivity index (χ4v) is 2.40. The summed E-state index contributed by atoms with van der Waals surface area (Å²) < 4.78 is 68.2. The Morgan fingerprint density at radius 1 is 1.29 bits per heavy atom. The van der Waals surface area contributed by atoms with E-state index in [0.29, 0.717) is 6.07 Å². The first-order valence-corrected chi connectivity index (χ1v) is 5.78. The summed E-state index contributed by atoms with van der Waals surface area (Å²) in [5.41, 5.74) is -1.40. The highest BCUT2D eigenvalue weighted by atomic mass is 35.5. The highest BCUT2D eigenvalue weighted by Crippen LogP contribution is 2.35. The number of aryl methyl sites for hydroxylation is 1. The minimum Gasteiger partial charge on any atom is -0.282 e. The molecule has 3 nitrogen and oxygen atoms in total. The molecule has 17 heavy (non-hydrogen) atoms. The van der Waals surface area contributed by atoms with Crippen LogP contribution in [0.4, 0.5) is 13.2 Å². The first-order valence-electron chi connectivity index (χ1n) is 4.34. The van der Waals surface area contributed by atoms with Crippen molar-refractivity contribution in [3.05, 3.63) is 29.3 Å². The lowest BCUT2D eigenvalue weighted by Crippen LogP contribution is -2.14. The molecule has 0 aromatic heterocycles. The maximum Gasteiger partial charge on any atom is 0.417 e. The Morgan fingerprint density at radius 3 is 2.18 bits per heavy atom. The molecule has 0 aliphatic carbocycles. The Hall–Kier alpha value is -0.790. The summed E-state index contributed by atoms with van der Waals surface area (Å²) in [7, 11) is -4.88. The van der Waals surface area contributed by atoms with Crippen molar-refractivity contribution in [1.82, 2.24) is 0 Å². The van der Waals surface area contributed by atoms with Gasteiger partial charge in [0, 0.05) is 0 Å². The predicted molar refractivity (Wildman–Crippen MR) is 57.9 cm³/mol. The third-order valence-electron chi connectivity index (χ3n) is 2.04. The van der Waals surface area contributed by atoms with E-state index < -0.39 is 26.8 Å². The molecule has 0 aliphatic heterocycles. The van der Waals surface area contributed by atoms with Gasteiger partial charge in [-0.25, -0.2) is 0 Å². The molecule has 98 valence electrons. The fraction of sp³-hybridized carbons (Fsp3) is 0.333. The molecule has 0 unspecified atom stereocenters. The van der Waals surface area contributed by atoms with Crippen LogP contribution in [-0.2, 0) is 22.7 Å². The highest BCUT2D eigenvalue weighted by Gasteiger charge is 2.37. The predicted octanol–water partition coefficient (Wildman–Crippen LogP) is 2.94. The summed E-state index contributed by atoms with van der Waals surface area (Å²) >= 11 is 0. The van der Waals surface area contributed by atoms with Crippen LogP contribution in [0.25, 0.3) is 0 Å². The molecule has 0 fully saturated rings. The van der Waals surface area contributed by atoms with Crippen LogP contribution in [0.2, 0.25) is 0 Å². The van der Waals surface area contributed by atoms with Crippen molar-refractivity contribution in [1.29, 1.82) is 0 Å². The highest BCUT2D eigenvalue weighted by molar-refractivity contribution is 7.86. The zero-order chi connectivity index (χ0) is 12.6. The smallest absolute Gasteiger partial charge is 0.282 e. The van der Waals surface area contributed by atoms with Gasteiger partial charge in [0.05, 0.1) is 5.56 Å². The Bertz CT molecular complexity index is 497. The molecule has 0 saturated carbocycles. The number of benzene rings is 1. The lowest BCUT2D eigenvalue weighted by Gasteiger charge is -2.13. The molecule has 0 amide bonds. The molecule has 1 rings (SSSR count). The molecular formula is C9H10ClF3O3S. The van der Waals surface area contributed by atoms with E-state index in [1.807, 2.05) is 0 Å². The first kappa shape index (κ1) is 16.2. The average Bonchev–Trinajstić information content (AvgIpc) is 2.13. The molecule has 8 heteroatoms. The molecule has 0 aliphatic rings. The molecule has 1 N–H and O–H groups in total. The van der Waals surface area contributed by atoms with Gasteiger partial charge in [-0.2, -0.15) is 21.6 Å². The van der Waals surface area contributed by atoms with E-state index in [2.05, 4.69) is 0 Å². The molecule has 1 aromatic rings. The summed E-state index contributed by atoms with van der Waals surface area (Å²) in [6.45, 7) is 1.50. The Kier molecular flexibility index (Phi) is 5.00. The van der Waals surface area contributed by atoms with Crippen LogP contribution in [0, 0.1) is 0 Å². The second-order valence-corrected chi connectivity index (χ2v) is 4.48. The topological polar surface area (TPSA) is 54.4 Å². The van der Waals surface area contributed by atoms with Crippen molar-refractivity contribution in [3.63, 3.8) is 0 Å². The largest absolute Gasteiger partial charge is 0.417 e. The van der Waals surface area contributed by atoms with Crippen molar-refractivity contribution in [2.75, 3.05) is 0 Å². The maximum atomic E-state index is 12.5. The van der Waals surface area contributed by atoms with E-state index in [1.54, 1.807) is 0 Å². The number of alkyl halides is 3. The maximum absolute atomic E-state index is 12.5. The zero-order valence-electron chi connectivity index (χ0n) is 8.65. The molecule has 0 saturated heterocycles. The first-order chi connectivity index (χ1) is 7.18. The number of rotatable bonds is 2. The van der Waals surface area contributed by atoms with Crippen LogP contribution in [0.1, 0.15) is 18.1 Å². The molecular weight excluding hydrogens is 281 g/mol. The Morgan fingerprint density at radius 2 is 1.82 bits per heavy atom. The van der Waals surface area contributed by atoms with Gasteiger partial charge >= 0.3 is 6.18 Å². The van der Waals surface area contributed by atoms with Gasteiger partial charge in [0.2, 0.25) is 0 Å². The molecule has 0 radical (unpaired) electrons. The van der Waals surface area contributed by atoms with Crippen molar-refractivity contribution in [2.24, 2.45) is 0 Å². The van der Waals surface area contributed by atoms with Crippen LogP contribution in [-0.4, -0.2) is 13.0 Å². The number of hydrogen-bond acceptors (Lipinski definition) is 2. The summed E-state index contributed by atoms with van der Waals surface area (Å²) in [6, 6.07) is 2.97. The SMILES string of the molecule is CCc1cccc(C(F)(F)F)c1S(=O)(=O)O.Cl. The Labute approximate surface area is 103 Å². The monoisotopic (exact) mass is 290 g/mol. The summed E-state index contributed by atoms with van der Waals surface area (Å²) in [5.74, 6) is 0. The van der Waals surface area contributed by atoms with Gasteiger partial charge in [0.15, 0.2) is 0 Å². The van der Waals surface area contributed by atoms with E-state index in [1.165, 1.54) is 13.0 Å². The third kappa shape index (κ3) is 3.58. The summed E-state index contributed by atoms with van der Waals surface area (Å²) in [4.78, 5) is -1.05. The van der Waals surface area contributed by atoms with Crippen molar-refractivity contribution >= 4 is 22.5 Å². The van der Waals surface area contributed by atoms with Gasteiger partial charge in [-0.15, -0.1) is 12.4 Å². The van der Waals surface area contributed by atoms with E-state index in [0.717, 1.165) is 6.07 Å². The second kappa shape index (κ2) is 5.24. The quantitative estimate of drug-likeness (QED) is 0.852. The molecule has 1 aromatic carbocycles. The summed E-state index contributed by atoms with van der Waals surface area (Å²) in [6.07, 6.45) is -4.73. The van der Waals surface area contributed by atoms with Crippen molar-refractivity contribution in [2.45, 2.75) is 24.4 Å². The van der Waals surface area contributed by atoms with Gasteiger partial charge in [-0.1, -0.05) is 19.1 Å². The van der Waals surface area contributed by atoms with Crippen LogP contribution in [0.3, 0.4) is 0 Å². The molecule has 0 atom stereocenters. The standard InChI is InChI=1S/C9H9F3O3S.ClH/c1-2-6-4-3-5-7(9(10,11)12)8(6)16(13,14)15;/h3-5H,2H2,1H3,(H,13,14,15);1H. The zero-order valence-corrected chi connectivity index (χ0v) is 10.3. The van der Waals surface area contributed by atoms with E-state index in [4.69, 9.17) is 4.55 Å². The molecule has 0 bridgehead atoms. The van der Waals surface area contributed by atoms with E-state index in [-0.39, 0.29) is 24.4 Å². The van der Waals surface area contributed by atoms with Gasteiger partial charge in [0.25, 0.3) is 10.1 Å². The normalized spacial score (nSPS) is 12.1. The molecule has 0 spiro atoms. The number of halogens is 4. The Balaban J connectivity index is 0.00000256. The van der Waals surface area contributed by atoms with Crippen molar-refractivity contribution in [3.8, 4) is 0 Å². The van der Waals surface area contributed by atoms with Gasteiger partial charge in [-0.3, -0.25) is 4.55 Å². The lowest BCUT2D eigenvalue weighted by atomic mass is 10.1. The van der Waals surface area contributed by atoms with Crippen LogP contribution in [0.5, 0.6) is 0 Å². The number of hydrogen-bond donors (Lipinski definition) is 1. The molecule has 0 heterocycles. The van der Waals surface area contributed by atoms with Gasteiger partial charge in [-0.05, 0) is 18.1 Å². The minimum atomic E-state index is -4.88. The lowest BCUT2D eigenvalue weighted by molar-refractivity contribution is -0.140. The average molecular weight is 291 g/mol. The van der Waals surface area contributed by atoms with Crippen LogP contribution >= 0.6 is 12.4 Å². The van der Waals surface area contributed by atoms with Gasteiger partial charge < -0.3 is 0 Å². The summed E-state index contributed by atoms with van der Waals surface area (Å²) in [5, 5.41) is 0. The van der Waals surface area contributed by atoms with E-state index >= 15 is 0 Å².